The fourth-order valence-electron chi connectivity index (χ4n) is 1.57. The zero-order valence-electron chi connectivity index (χ0n) is 10.8. The number of halogens is 1. The molecule has 0 aliphatic rings. The van der Waals surface area contributed by atoms with E-state index in [2.05, 4.69) is 14.9 Å². The van der Waals surface area contributed by atoms with Crippen LogP contribution >= 0.6 is 11.3 Å². The highest BCUT2D eigenvalue weighted by atomic mass is 32.2. The molecule has 1 aromatic heterocycles. The summed E-state index contributed by atoms with van der Waals surface area (Å²) in [7, 11) is -4.08. The van der Waals surface area contributed by atoms with Gasteiger partial charge in [-0.15, -0.1) is 10.2 Å². The number of nitrogens with zero attached hydrogens (tertiary/aromatic N) is 2. The van der Waals surface area contributed by atoms with Crippen LogP contribution in [0.15, 0.2) is 17.0 Å². The van der Waals surface area contributed by atoms with E-state index in [0.717, 1.165) is 17.4 Å². The van der Waals surface area contributed by atoms with Gasteiger partial charge in [0.15, 0.2) is 0 Å². The van der Waals surface area contributed by atoms with Crippen LogP contribution in [0, 0.1) is 12.7 Å². The molecular formula is C11H13FN4O2S2. The quantitative estimate of drug-likeness (QED) is 0.840. The average Bonchev–Trinajstić information content (AvgIpc) is 2.80. The van der Waals surface area contributed by atoms with E-state index in [-0.39, 0.29) is 16.4 Å². The van der Waals surface area contributed by atoms with Gasteiger partial charge in [-0.25, -0.2) is 12.8 Å². The van der Waals surface area contributed by atoms with Gasteiger partial charge in [-0.05, 0) is 31.0 Å². The Hall–Kier alpha value is -1.74. The van der Waals surface area contributed by atoms with Crippen molar-refractivity contribution < 1.29 is 12.8 Å². The van der Waals surface area contributed by atoms with Crippen LogP contribution in [0.4, 0.5) is 15.2 Å². The lowest BCUT2D eigenvalue weighted by Gasteiger charge is -2.08. The highest BCUT2D eigenvalue weighted by Gasteiger charge is 2.22. The molecule has 2 aromatic rings. The average molecular weight is 316 g/mol. The van der Waals surface area contributed by atoms with Crippen molar-refractivity contribution in [3.8, 4) is 0 Å². The van der Waals surface area contributed by atoms with E-state index in [1.54, 1.807) is 0 Å². The lowest BCUT2D eigenvalue weighted by Crippen LogP contribution is -2.15. The minimum Gasteiger partial charge on any atom is -0.399 e. The zero-order chi connectivity index (χ0) is 14.9. The summed E-state index contributed by atoms with van der Waals surface area (Å²) >= 11 is 1.10. The monoisotopic (exact) mass is 316 g/mol. The number of aryl methyl sites for hydroxylation is 2. The second-order valence-electron chi connectivity index (χ2n) is 4.11. The maximum Gasteiger partial charge on any atom is 0.266 e. The van der Waals surface area contributed by atoms with Crippen molar-refractivity contribution in [2.45, 2.75) is 25.2 Å². The lowest BCUT2D eigenvalue weighted by atomic mass is 10.2. The molecule has 0 bridgehead atoms. The van der Waals surface area contributed by atoms with Gasteiger partial charge in [0.2, 0.25) is 5.13 Å². The molecule has 0 saturated carbocycles. The molecule has 6 nitrogen and oxygen atoms in total. The number of nitrogens with one attached hydrogen (secondary N) is 1. The van der Waals surface area contributed by atoms with Gasteiger partial charge in [-0.3, -0.25) is 4.72 Å². The van der Waals surface area contributed by atoms with E-state index in [0.29, 0.717) is 11.4 Å². The largest absolute Gasteiger partial charge is 0.399 e. The highest BCUT2D eigenvalue weighted by Crippen LogP contribution is 2.25. The topological polar surface area (TPSA) is 98.0 Å². The molecule has 0 unspecified atom stereocenters. The van der Waals surface area contributed by atoms with Crippen LogP contribution in [0.2, 0.25) is 0 Å². The highest BCUT2D eigenvalue weighted by molar-refractivity contribution is 7.93. The third-order valence-corrected chi connectivity index (χ3v) is 4.97. The fourth-order valence-corrected chi connectivity index (χ4v) is 3.66. The molecule has 1 heterocycles. The summed E-state index contributed by atoms with van der Waals surface area (Å²) in [5.74, 6) is -0.827. The Bertz CT molecular complexity index is 743. The van der Waals surface area contributed by atoms with E-state index in [1.807, 2.05) is 6.92 Å². The molecule has 0 amide bonds. The van der Waals surface area contributed by atoms with E-state index >= 15 is 0 Å². The number of rotatable bonds is 4. The van der Waals surface area contributed by atoms with Crippen LogP contribution in [0.5, 0.6) is 0 Å². The van der Waals surface area contributed by atoms with E-state index in [4.69, 9.17) is 5.73 Å². The first-order chi connectivity index (χ1) is 9.33. The first kappa shape index (κ1) is 14.7. The fraction of sp³-hybridized carbons (Fsp3) is 0.273. The molecule has 0 saturated heterocycles. The zero-order valence-corrected chi connectivity index (χ0v) is 12.5. The molecule has 20 heavy (non-hydrogen) atoms. The van der Waals surface area contributed by atoms with Crippen molar-refractivity contribution in [2.24, 2.45) is 0 Å². The van der Waals surface area contributed by atoms with Crippen molar-refractivity contribution in [1.82, 2.24) is 10.2 Å². The van der Waals surface area contributed by atoms with Crippen LogP contribution in [0.25, 0.3) is 0 Å². The van der Waals surface area contributed by atoms with Crippen LogP contribution in [0.1, 0.15) is 17.5 Å². The molecule has 0 atom stereocenters. The molecule has 0 spiro atoms. The van der Waals surface area contributed by atoms with Gasteiger partial charge in [0.05, 0.1) is 0 Å². The van der Waals surface area contributed by atoms with Gasteiger partial charge in [0.1, 0.15) is 15.7 Å². The molecule has 0 radical (unpaired) electrons. The number of hydrogen-bond donors (Lipinski definition) is 2. The number of nitrogens with two attached hydrogens (primary N) is 1. The summed E-state index contributed by atoms with van der Waals surface area (Å²) in [6, 6.07) is 2.45. The van der Waals surface area contributed by atoms with Crippen LogP contribution in [-0.4, -0.2) is 18.6 Å². The lowest BCUT2D eigenvalue weighted by molar-refractivity contribution is 0.565. The molecule has 0 aliphatic heterocycles. The Kier molecular flexibility index (Phi) is 3.91. The number of nitrogen functional groups attached to an aromatic ring is 1. The smallest absolute Gasteiger partial charge is 0.266 e. The van der Waals surface area contributed by atoms with E-state index in [1.165, 1.54) is 13.0 Å². The number of benzene rings is 1. The normalized spacial score (nSPS) is 11.6. The molecule has 3 N–H and O–H groups in total. The third kappa shape index (κ3) is 2.88. The van der Waals surface area contributed by atoms with Crippen molar-refractivity contribution in [1.29, 1.82) is 0 Å². The van der Waals surface area contributed by atoms with Gasteiger partial charge < -0.3 is 5.73 Å². The first-order valence-corrected chi connectivity index (χ1v) is 8.04. The molecule has 108 valence electrons. The van der Waals surface area contributed by atoms with Crippen LogP contribution < -0.4 is 10.5 Å². The number of hydrogen-bond acceptors (Lipinski definition) is 6. The molecule has 1 aromatic carbocycles. The predicted octanol–water partition coefficient (Wildman–Crippen LogP) is 1.93. The first-order valence-electron chi connectivity index (χ1n) is 5.74. The summed E-state index contributed by atoms with van der Waals surface area (Å²) in [6.07, 6.45) is 0.644. The SMILES string of the molecule is CCc1nnc(NS(=O)(=O)c2cc(N)cc(C)c2F)s1. The standard InChI is InChI=1S/C11H13FN4O2S2/c1-3-9-14-15-11(19-9)16-20(17,18)8-5-7(13)4-6(2)10(8)12/h4-5H,3,13H2,1-2H3,(H,15,16). The molecule has 2 rings (SSSR count). The van der Waals surface area contributed by atoms with Crippen LogP contribution in [-0.2, 0) is 16.4 Å². The summed E-state index contributed by atoms with van der Waals surface area (Å²) in [5, 5.41) is 8.28. The molecular weight excluding hydrogens is 303 g/mol. The Balaban J connectivity index is 2.40. The maximum absolute atomic E-state index is 13.9. The van der Waals surface area contributed by atoms with Crippen molar-refractivity contribution in [3.05, 3.63) is 28.5 Å². The summed E-state index contributed by atoms with van der Waals surface area (Å²) in [5.41, 5.74) is 5.90. The van der Waals surface area contributed by atoms with Gasteiger partial charge >= 0.3 is 0 Å². The maximum atomic E-state index is 13.9. The van der Waals surface area contributed by atoms with Crippen molar-refractivity contribution in [2.75, 3.05) is 10.5 Å². The summed E-state index contributed by atoms with van der Waals surface area (Å²) in [4.78, 5) is -0.497. The van der Waals surface area contributed by atoms with E-state index < -0.39 is 20.7 Å². The van der Waals surface area contributed by atoms with Crippen LogP contribution in [0.3, 0.4) is 0 Å². The molecule has 0 aliphatic carbocycles. The Labute approximate surface area is 119 Å². The second-order valence-corrected chi connectivity index (χ2v) is 6.82. The number of sulfonamides is 1. The van der Waals surface area contributed by atoms with Crippen molar-refractivity contribution in [3.63, 3.8) is 0 Å². The minimum absolute atomic E-state index is 0.0985. The van der Waals surface area contributed by atoms with Gasteiger partial charge in [0, 0.05) is 5.69 Å². The number of aromatic nitrogens is 2. The Morgan fingerprint density at radius 3 is 2.70 bits per heavy atom. The second kappa shape index (κ2) is 5.33. The van der Waals surface area contributed by atoms with E-state index in [9.17, 15) is 12.8 Å². The molecule has 0 fully saturated rings. The Morgan fingerprint density at radius 2 is 2.10 bits per heavy atom. The van der Waals surface area contributed by atoms with Crippen molar-refractivity contribution >= 4 is 32.2 Å². The third-order valence-electron chi connectivity index (χ3n) is 2.52. The van der Waals surface area contributed by atoms with Gasteiger partial charge in [-0.1, -0.05) is 18.3 Å². The summed E-state index contributed by atoms with van der Waals surface area (Å²) < 4.78 is 40.5. The van der Waals surface area contributed by atoms with Gasteiger partial charge in [0.25, 0.3) is 10.0 Å². The number of anilines is 2. The molecule has 9 heteroatoms. The summed E-state index contributed by atoms with van der Waals surface area (Å²) in [6.45, 7) is 3.32. The van der Waals surface area contributed by atoms with Gasteiger partial charge in [-0.2, -0.15) is 0 Å². The Morgan fingerprint density at radius 1 is 1.40 bits per heavy atom. The predicted molar refractivity (Wildman–Crippen MR) is 75.6 cm³/mol. The minimum atomic E-state index is -4.08.